The van der Waals surface area contributed by atoms with Gasteiger partial charge in [0.25, 0.3) is 5.91 Å². The summed E-state index contributed by atoms with van der Waals surface area (Å²) in [6.07, 6.45) is 0.226. The summed E-state index contributed by atoms with van der Waals surface area (Å²) in [6.45, 7) is 0. The number of hydrogen-bond donors (Lipinski definition) is 2. The summed E-state index contributed by atoms with van der Waals surface area (Å²) < 4.78 is 6.01. The van der Waals surface area contributed by atoms with Crippen LogP contribution in [0.15, 0.2) is 58.0 Å². The molecule has 0 bridgehead atoms. The van der Waals surface area contributed by atoms with Crippen molar-refractivity contribution in [2.24, 2.45) is 4.99 Å². The third kappa shape index (κ3) is 4.24. The second kappa shape index (κ2) is 7.48. The Kier molecular flexibility index (Phi) is 5.14. The average molecular weight is 402 g/mol. The molecule has 2 amide bonds. The van der Waals surface area contributed by atoms with Crippen LogP contribution in [0.25, 0.3) is 0 Å². The van der Waals surface area contributed by atoms with Crippen LogP contribution in [0.2, 0.25) is 0 Å². The fourth-order valence-electron chi connectivity index (χ4n) is 2.46. The molecule has 0 aromatic heterocycles. The Hall–Kier alpha value is -2.67. The van der Waals surface area contributed by atoms with Crippen LogP contribution in [0.4, 0.5) is 0 Å². The lowest BCUT2D eigenvalue weighted by atomic mass is 10.0. The zero-order valence-corrected chi connectivity index (χ0v) is 15.0. The van der Waals surface area contributed by atoms with Gasteiger partial charge in [-0.05, 0) is 42.0 Å². The van der Waals surface area contributed by atoms with Crippen molar-refractivity contribution in [2.45, 2.75) is 12.5 Å². The number of ether oxygens (including phenoxy) is 1. The standard InChI is InChI=1S/C18H16BrN3O3/c1-25-14-8-4-11(5-9-14)15-10-16(23)21-18(20-15)22-17(24)12-2-6-13(19)7-3-12/h2-9,15H,10H2,1H3,(H2,20,21,22,23,24)/t15-/m0/s1. The number of carbonyl (C=O) groups is 2. The highest BCUT2D eigenvalue weighted by Crippen LogP contribution is 2.25. The Balaban J connectivity index is 1.77. The maximum absolute atomic E-state index is 12.3. The molecule has 0 aliphatic carbocycles. The second-order valence-electron chi connectivity index (χ2n) is 5.48. The lowest BCUT2D eigenvalue weighted by Gasteiger charge is -2.21. The van der Waals surface area contributed by atoms with Crippen molar-refractivity contribution in [2.75, 3.05) is 7.11 Å². The van der Waals surface area contributed by atoms with E-state index in [1.807, 2.05) is 24.3 Å². The van der Waals surface area contributed by atoms with E-state index in [0.29, 0.717) is 5.56 Å². The molecule has 0 fully saturated rings. The highest BCUT2D eigenvalue weighted by molar-refractivity contribution is 9.10. The fraction of sp³-hybridized carbons (Fsp3) is 0.167. The van der Waals surface area contributed by atoms with Gasteiger partial charge in [0.05, 0.1) is 19.6 Å². The number of hydrogen-bond acceptors (Lipinski definition) is 4. The number of guanidine groups is 1. The summed E-state index contributed by atoms with van der Waals surface area (Å²) in [5.41, 5.74) is 1.36. The number of nitrogens with one attached hydrogen (secondary N) is 2. The van der Waals surface area contributed by atoms with E-state index in [1.54, 1.807) is 31.4 Å². The van der Waals surface area contributed by atoms with E-state index in [2.05, 4.69) is 31.6 Å². The Morgan fingerprint density at radius 2 is 1.88 bits per heavy atom. The van der Waals surface area contributed by atoms with Gasteiger partial charge in [-0.25, -0.2) is 4.99 Å². The number of aliphatic imine (C=N–C) groups is 1. The van der Waals surface area contributed by atoms with Crippen LogP contribution < -0.4 is 15.4 Å². The van der Waals surface area contributed by atoms with Gasteiger partial charge in [0, 0.05) is 10.0 Å². The number of methoxy groups -OCH3 is 1. The van der Waals surface area contributed by atoms with Crippen molar-refractivity contribution >= 4 is 33.7 Å². The SMILES string of the molecule is COc1ccc([C@@H]2CC(=O)NC(NC(=O)c3ccc(Br)cc3)=N2)cc1. The number of nitrogens with zero attached hydrogens (tertiary/aromatic N) is 1. The van der Waals surface area contributed by atoms with Crippen LogP contribution >= 0.6 is 15.9 Å². The van der Waals surface area contributed by atoms with Gasteiger partial charge in [-0.2, -0.15) is 0 Å². The number of amides is 2. The first kappa shape index (κ1) is 17.2. The van der Waals surface area contributed by atoms with Crippen LogP contribution in [0.5, 0.6) is 5.75 Å². The lowest BCUT2D eigenvalue weighted by molar-refractivity contribution is -0.120. The molecule has 6 nitrogen and oxygen atoms in total. The first-order chi connectivity index (χ1) is 12.0. The molecule has 1 atom stereocenters. The first-order valence-electron chi connectivity index (χ1n) is 7.63. The molecule has 0 spiro atoms. The van der Waals surface area contributed by atoms with E-state index in [9.17, 15) is 9.59 Å². The van der Waals surface area contributed by atoms with E-state index in [0.717, 1.165) is 15.8 Å². The summed E-state index contributed by atoms with van der Waals surface area (Å²) in [7, 11) is 1.59. The van der Waals surface area contributed by atoms with E-state index in [-0.39, 0.29) is 30.2 Å². The fourth-order valence-corrected chi connectivity index (χ4v) is 2.72. The number of rotatable bonds is 3. The molecule has 1 aliphatic heterocycles. The predicted molar refractivity (Wildman–Crippen MR) is 97.5 cm³/mol. The van der Waals surface area contributed by atoms with Gasteiger partial charge in [-0.1, -0.05) is 28.1 Å². The maximum Gasteiger partial charge on any atom is 0.257 e. The number of benzene rings is 2. The third-order valence-corrected chi connectivity index (χ3v) is 4.29. The van der Waals surface area contributed by atoms with Gasteiger partial charge in [0.1, 0.15) is 5.75 Å². The van der Waals surface area contributed by atoms with Crippen LogP contribution in [0.1, 0.15) is 28.4 Å². The van der Waals surface area contributed by atoms with Gasteiger partial charge in [0.2, 0.25) is 11.9 Å². The van der Waals surface area contributed by atoms with Crippen molar-refractivity contribution in [1.29, 1.82) is 0 Å². The van der Waals surface area contributed by atoms with Crippen molar-refractivity contribution in [1.82, 2.24) is 10.6 Å². The van der Waals surface area contributed by atoms with Gasteiger partial charge in [-0.3, -0.25) is 20.2 Å². The van der Waals surface area contributed by atoms with Crippen LogP contribution in [-0.4, -0.2) is 24.9 Å². The molecule has 0 unspecified atom stereocenters. The molecule has 7 heteroatoms. The molecule has 1 aliphatic rings. The topological polar surface area (TPSA) is 79.8 Å². The number of carbonyl (C=O) groups excluding carboxylic acids is 2. The first-order valence-corrected chi connectivity index (χ1v) is 8.43. The van der Waals surface area contributed by atoms with Gasteiger partial charge >= 0.3 is 0 Å². The monoisotopic (exact) mass is 401 g/mol. The molecule has 1 heterocycles. The van der Waals surface area contributed by atoms with Gasteiger partial charge < -0.3 is 4.74 Å². The summed E-state index contributed by atoms with van der Waals surface area (Å²) in [4.78, 5) is 28.7. The lowest BCUT2D eigenvalue weighted by Crippen LogP contribution is -2.47. The van der Waals surface area contributed by atoms with Crippen molar-refractivity contribution in [3.8, 4) is 5.75 Å². The molecule has 0 saturated carbocycles. The molecular weight excluding hydrogens is 386 g/mol. The van der Waals surface area contributed by atoms with Crippen molar-refractivity contribution in [3.05, 3.63) is 64.1 Å². The summed E-state index contributed by atoms with van der Waals surface area (Å²) in [5, 5.41) is 5.24. The molecule has 0 radical (unpaired) electrons. The zero-order chi connectivity index (χ0) is 17.8. The largest absolute Gasteiger partial charge is 0.497 e. The Morgan fingerprint density at radius 1 is 1.20 bits per heavy atom. The molecule has 2 aromatic carbocycles. The summed E-state index contributed by atoms with van der Waals surface area (Å²) >= 11 is 3.32. The van der Waals surface area contributed by atoms with Gasteiger partial charge in [0.15, 0.2) is 0 Å². The van der Waals surface area contributed by atoms with Crippen LogP contribution in [-0.2, 0) is 4.79 Å². The zero-order valence-electron chi connectivity index (χ0n) is 13.5. The number of halogens is 1. The van der Waals surface area contributed by atoms with Crippen molar-refractivity contribution < 1.29 is 14.3 Å². The quantitative estimate of drug-likeness (QED) is 0.829. The van der Waals surface area contributed by atoms with E-state index in [4.69, 9.17) is 4.74 Å². The smallest absolute Gasteiger partial charge is 0.257 e. The molecule has 25 heavy (non-hydrogen) atoms. The highest BCUT2D eigenvalue weighted by Gasteiger charge is 2.23. The van der Waals surface area contributed by atoms with Crippen molar-refractivity contribution in [3.63, 3.8) is 0 Å². The van der Waals surface area contributed by atoms with E-state index >= 15 is 0 Å². The van der Waals surface area contributed by atoms with E-state index < -0.39 is 0 Å². The molecule has 3 rings (SSSR count). The summed E-state index contributed by atoms with van der Waals surface area (Å²) in [6, 6.07) is 13.9. The minimum Gasteiger partial charge on any atom is -0.497 e. The van der Waals surface area contributed by atoms with Crippen LogP contribution in [0.3, 0.4) is 0 Å². The Labute approximate surface area is 153 Å². The highest BCUT2D eigenvalue weighted by atomic mass is 79.9. The molecular formula is C18H16BrN3O3. The minimum absolute atomic E-state index is 0.157. The molecule has 128 valence electrons. The molecule has 2 N–H and O–H groups in total. The molecule has 2 aromatic rings. The molecule has 0 saturated heterocycles. The van der Waals surface area contributed by atoms with Gasteiger partial charge in [-0.15, -0.1) is 0 Å². The Morgan fingerprint density at radius 3 is 2.52 bits per heavy atom. The third-order valence-electron chi connectivity index (χ3n) is 3.76. The Bertz CT molecular complexity index is 816. The average Bonchev–Trinajstić information content (AvgIpc) is 2.62. The second-order valence-corrected chi connectivity index (χ2v) is 6.40. The van der Waals surface area contributed by atoms with E-state index in [1.165, 1.54) is 0 Å². The normalized spacial score (nSPS) is 16.6. The summed E-state index contributed by atoms with van der Waals surface area (Å²) in [5.74, 6) is 0.366. The predicted octanol–water partition coefficient (Wildman–Crippen LogP) is 2.80. The maximum atomic E-state index is 12.3. The van der Waals surface area contributed by atoms with Crippen LogP contribution in [0, 0.1) is 0 Å². The minimum atomic E-state index is -0.347.